The lowest BCUT2D eigenvalue weighted by Crippen LogP contribution is -2.27. The lowest BCUT2D eigenvalue weighted by molar-refractivity contribution is 0.0365. The Bertz CT molecular complexity index is 133. The Labute approximate surface area is 86.6 Å². The zero-order valence-electron chi connectivity index (χ0n) is 8.95. The van der Waals surface area contributed by atoms with Gasteiger partial charge in [0.25, 0.3) is 0 Å². The normalized spacial score (nSPS) is 21.9. The van der Waals surface area contributed by atoms with E-state index in [2.05, 4.69) is 0 Å². The van der Waals surface area contributed by atoms with Crippen LogP contribution < -0.4 is 5.73 Å². The van der Waals surface area contributed by atoms with Crippen molar-refractivity contribution in [2.75, 3.05) is 13.2 Å². The topological polar surface area (TPSA) is 55.5 Å². The number of hydrogen-bond donors (Lipinski definition) is 2. The molecule has 0 radical (unpaired) electrons. The number of aliphatic hydroxyl groups excluding tert-OH is 1. The summed E-state index contributed by atoms with van der Waals surface area (Å²) in [5.74, 6) is 0. The van der Waals surface area contributed by atoms with Crippen LogP contribution in [0.4, 0.5) is 0 Å². The van der Waals surface area contributed by atoms with Gasteiger partial charge < -0.3 is 15.6 Å². The van der Waals surface area contributed by atoms with E-state index in [-0.39, 0.29) is 12.6 Å². The standard InChI is InChI=1S/C11H23NO2/c12-10(9-13)7-8-14-11-5-3-1-2-4-6-11/h10-11,13H,1-9,12H2. The zero-order chi connectivity index (χ0) is 10.2. The minimum Gasteiger partial charge on any atom is -0.395 e. The van der Waals surface area contributed by atoms with E-state index in [1.54, 1.807) is 0 Å². The van der Waals surface area contributed by atoms with Crippen LogP contribution in [0.25, 0.3) is 0 Å². The maximum absolute atomic E-state index is 8.74. The molecular weight excluding hydrogens is 178 g/mol. The number of ether oxygens (including phenoxy) is 1. The van der Waals surface area contributed by atoms with Gasteiger partial charge in [0.1, 0.15) is 0 Å². The van der Waals surface area contributed by atoms with Crippen molar-refractivity contribution in [3.8, 4) is 0 Å². The van der Waals surface area contributed by atoms with Crippen LogP contribution in [0.3, 0.4) is 0 Å². The van der Waals surface area contributed by atoms with Crippen LogP contribution in [0, 0.1) is 0 Å². The molecule has 14 heavy (non-hydrogen) atoms. The molecule has 3 N–H and O–H groups in total. The second-order valence-electron chi connectivity index (χ2n) is 4.22. The molecule has 0 bridgehead atoms. The summed E-state index contributed by atoms with van der Waals surface area (Å²) < 4.78 is 5.74. The predicted octanol–water partition coefficient (Wildman–Crippen LogP) is 1.44. The van der Waals surface area contributed by atoms with Crippen LogP contribution in [-0.2, 0) is 4.74 Å². The van der Waals surface area contributed by atoms with E-state index < -0.39 is 0 Å². The van der Waals surface area contributed by atoms with Crippen molar-refractivity contribution < 1.29 is 9.84 Å². The molecule has 1 aliphatic carbocycles. The molecule has 1 aliphatic rings. The maximum Gasteiger partial charge on any atom is 0.0583 e. The van der Waals surface area contributed by atoms with Gasteiger partial charge in [-0.2, -0.15) is 0 Å². The molecule has 0 aromatic heterocycles. The van der Waals surface area contributed by atoms with Gasteiger partial charge in [-0.25, -0.2) is 0 Å². The lowest BCUT2D eigenvalue weighted by atomic mass is 10.1. The summed E-state index contributed by atoms with van der Waals surface area (Å²) in [6, 6.07) is -0.110. The summed E-state index contributed by atoms with van der Waals surface area (Å²) in [7, 11) is 0. The molecule has 1 rings (SSSR count). The highest BCUT2D eigenvalue weighted by Crippen LogP contribution is 2.19. The Morgan fingerprint density at radius 1 is 1.21 bits per heavy atom. The van der Waals surface area contributed by atoms with Crippen molar-refractivity contribution in [2.45, 2.75) is 57.1 Å². The number of aliphatic hydroxyl groups is 1. The van der Waals surface area contributed by atoms with Gasteiger partial charge in [0.15, 0.2) is 0 Å². The zero-order valence-corrected chi connectivity index (χ0v) is 8.95. The van der Waals surface area contributed by atoms with Crippen molar-refractivity contribution in [3.63, 3.8) is 0 Å². The summed E-state index contributed by atoms with van der Waals surface area (Å²) in [5.41, 5.74) is 5.59. The summed E-state index contributed by atoms with van der Waals surface area (Å²) in [4.78, 5) is 0. The van der Waals surface area contributed by atoms with E-state index in [9.17, 15) is 0 Å². The van der Waals surface area contributed by atoms with Crippen molar-refractivity contribution in [2.24, 2.45) is 5.73 Å². The number of hydrogen-bond acceptors (Lipinski definition) is 3. The fourth-order valence-electron chi connectivity index (χ4n) is 1.89. The molecule has 0 amide bonds. The van der Waals surface area contributed by atoms with Gasteiger partial charge in [0, 0.05) is 12.6 Å². The molecule has 1 saturated carbocycles. The minimum atomic E-state index is -0.110. The average molecular weight is 201 g/mol. The first-order valence-corrected chi connectivity index (χ1v) is 5.81. The summed E-state index contributed by atoms with van der Waals surface area (Å²) in [5, 5.41) is 8.74. The largest absolute Gasteiger partial charge is 0.395 e. The molecule has 0 heterocycles. The van der Waals surface area contributed by atoms with E-state index in [0.717, 1.165) is 6.42 Å². The van der Waals surface area contributed by atoms with Crippen LogP contribution >= 0.6 is 0 Å². The summed E-state index contributed by atoms with van der Waals surface area (Å²) in [6.45, 7) is 0.764. The van der Waals surface area contributed by atoms with Gasteiger partial charge in [0.2, 0.25) is 0 Å². The van der Waals surface area contributed by atoms with Crippen molar-refractivity contribution in [1.29, 1.82) is 0 Å². The molecule has 0 aromatic carbocycles. The first-order chi connectivity index (χ1) is 6.83. The molecule has 1 atom stereocenters. The highest BCUT2D eigenvalue weighted by atomic mass is 16.5. The second kappa shape index (κ2) is 7.21. The van der Waals surface area contributed by atoms with Crippen LogP contribution in [0.15, 0.2) is 0 Å². The molecule has 3 heteroatoms. The first-order valence-electron chi connectivity index (χ1n) is 5.81. The monoisotopic (exact) mass is 201 g/mol. The second-order valence-corrected chi connectivity index (χ2v) is 4.22. The fourth-order valence-corrected chi connectivity index (χ4v) is 1.89. The number of nitrogens with two attached hydrogens (primary N) is 1. The van der Waals surface area contributed by atoms with Gasteiger partial charge in [-0.1, -0.05) is 25.7 Å². The molecule has 0 aromatic rings. The van der Waals surface area contributed by atoms with Gasteiger partial charge in [-0.3, -0.25) is 0 Å². The lowest BCUT2D eigenvalue weighted by Gasteiger charge is -2.16. The van der Waals surface area contributed by atoms with Crippen molar-refractivity contribution in [3.05, 3.63) is 0 Å². The van der Waals surface area contributed by atoms with E-state index in [0.29, 0.717) is 12.7 Å². The van der Waals surface area contributed by atoms with Crippen LogP contribution in [0.5, 0.6) is 0 Å². The average Bonchev–Trinajstić information content (AvgIpc) is 2.46. The van der Waals surface area contributed by atoms with Crippen LogP contribution in [-0.4, -0.2) is 30.5 Å². The van der Waals surface area contributed by atoms with Gasteiger partial charge in [0.05, 0.1) is 12.7 Å². The van der Waals surface area contributed by atoms with Gasteiger partial charge >= 0.3 is 0 Å². The van der Waals surface area contributed by atoms with Crippen molar-refractivity contribution >= 4 is 0 Å². The molecule has 3 nitrogen and oxygen atoms in total. The first kappa shape index (κ1) is 12.0. The maximum atomic E-state index is 8.74. The Balaban J connectivity index is 2.04. The van der Waals surface area contributed by atoms with Crippen LogP contribution in [0.2, 0.25) is 0 Å². The summed E-state index contributed by atoms with van der Waals surface area (Å²) >= 11 is 0. The third kappa shape index (κ3) is 4.94. The third-order valence-corrected chi connectivity index (χ3v) is 2.88. The number of rotatable bonds is 5. The van der Waals surface area contributed by atoms with E-state index in [1.165, 1.54) is 38.5 Å². The minimum absolute atomic E-state index is 0.0635. The van der Waals surface area contributed by atoms with Crippen molar-refractivity contribution in [1.82, 2.24) is 0 Å². The van der Waals surface area contributed by atoms with Gasteiger partial charge in [-0.05, 0) is 19.3 Å². The fraction of sp³-hybridized carbons (Fsp3) is 1.00. The molecule has 84 valence electrons. The summed E-state index contributed by atoms with van der Waals surface area (Å²) in [6.07, 6.45) is 8.94. The Morgan fingerprint density at radius 2 is 1.86 bits per heavy atom. The molecule has 0 spiro atoms. The Morgan fingerprint density at radius 3 is 2.43 bits per heavy atom. The molecule has 0 saturated heterocycles. The molecule has 1 fully saturated rings. The highest BCUT2D eigenvalue weighted by molar-refractivity contribution is 4.65. The molecular formula is C11H23NO2. The SMILES string of the molecule is NC(CO)CCOC1CCCCCC1. The smallest absolute Gasteiger partial charge is 0.0583 e. The molecule has 1 unspecified atom stereocenters. The highest BCUT2D eigenvalue weighted by Gasteiger charge is 2.12. The van der Waals surface area contributed by atoms with Crippen LogP contribution in [0.1, 0.15) is 44.9 Å². The third-order valence-electron chi connectivity index (χ3n) is 2.88. The van der Waals surface area contributed by atoms with E-state index >= 15 is 0 Å². The van der Waals surface area contributed by atoms with E-state index in [4.69, 9.17) is 15.6 Å². The van der Waals surface area contributed by atoms with E-state index in [1.807, 2.05) is 0 Å². The predicted molar refractivity (Wildman–Crippen MR) is 57.1 cm³/mol. The Hall–Kier alpha value is -0.120. The van der Waals surface area contributed by atoms with Gasteiger partial charge in [-0.15, -0.1) is 0 Å². The Kier molecular flexibility index (Phi) is 6.15. The molecule has 0 aliphatic heterocycles. The quantitative estimate of drug-likeness (QED) is 0.662.